The van der Waals surface area contributed by atoms with Gasteiger partial charge < -0.3 is 14.4 Å². The maximum absolute atomic E-state index is 5.29. The molecule has 9 aromatic rings. The SMILES string of the molecule is CC1(C)N=C(c2ccccc2)N(c2ccc(-c3ccc4c(ccc5c6ccc(-c7ccc(N8C(c9ccccc9)=NC(C)(C)C8(C)C)cc7)cc6n(-c6ccccc6)c45)c3)cc2)C1(C)C. The predicted molar refractivity (Wildman–Crippen MR) is 276 cm³/mol. The molecule has 0 aliphatic carbocycles. The Labute approximate surface area is 383 Å². The van der Waals surface area contributed by atoms with Gasteiger partial charge in [-0.05, 0) is 132 Å². The third kappa shape index (κ3) is 6.35. The van der Waals surface area contributed by atoms with E-state index < -0.39 is 0 Å². The minimum atomic E-state index is -0.267. The Bertz CT molecular complexity index is 3340. The molecule has 11 rings (SSSR count). The van der Waals surface area contributed by atoms with Crippen LogP contribution in [0.4, 0.5) is 11.4 Å². The first kappa shape index (κ1) is 40.5. The zero-order valence-electron chi connectivity index (χ0n) is 38.6. The van der Waals surface area contributed by atoms with E-state index in [1.54, 1.807) is 0 Å². The lowest BCUT2D eigenvalue weighted by molar-refractivity contribution is 0.338. The minimum absolute atomic E-state index is 0.220. The number of benzene rings is 8. The Balaban J connectivity index is 0.967. The Hall–Kier alpha value is -7.24. The molecule has 3 heterocycles. The summed E-state index contributed by atoms with van der Waals surface area (Å²) in [5, 5.41) is 4.92. The molecule has 0 fully saturated rings. The minimum Gasteiger partial charge on any atom is -0.318 e. The lowest BCUT2D eigenvalue weighted by atomic mass is 9.83. The lowest BCUT2D eigenvalue weighted by Crippen LogP contribution is -2.53. The molecular formula is C60H55N5. The van der Waals surface area contributed by atoms with E-state index in [-0.39, 0.29) is 22.2 Å². The van der Waals surface area contributed by atoms with Crippen LogP contribution in [0.25, 0.3) is 60.5 Å². The number of amidine groups is 2. The molecule has 2 aliphatic rings. The molecule has 0 bridgehead atoms. The van der Waals surface area contributed by atoms with E-state index in [0.717, 1.165) is 39.9 Å². The standard InChI is InChI=1S/C60H55N5/c1-57(2)59(5,6)64(55(61-57)42-18-12-9-13-19-42)48-31-24-40(25-32-48)44-28-35-50-46(38-44)30-37-52-51-36-29-45(39-53(51)63(54(50)52)47-22-16-11-17-23-47)41-26-33-49(34-27-41)65-56(43-20-14-10-15-21-43)62-58(3,4)60(65,7)8/h9-39H,1-8H3. The van der Waals surface area contributed by atoms with Crippen LogP contribution in [0, 0.1) is 0 Å². The Kier molecular flexibility index (Phi) is 9.13. The van der Waals surface area contributed by atoms with Crippen molar-refractivity contribution in [2.45, 2.75) is 77.5 Å². The largest absolute Gasteiger partial charge is 0.318 e. The fraction of sp³-hybridized carbons (Fsp3) is 0.200. The quantitative estimate of drug-likeness (QED) is 0.160. The van der Waals surface area contributed by atoms with Crippen molar-refractivity contribution in [3.63, 3.8) is 0 Å². The molecule has 1 aromatic heterocycles. The van der Waals surface area contributed by atoms with Crippen molar-refractivity contribution in [3.05, 3.63) is 199 Å². The van der Waals surface area contributed by atoms with Gasteiger partial charge in [0.1, 0.15) is 11.7 Å². The second kappa shape index (κ2) is 14.6. The number of hydrogen-bond donors (Lipinski definition) is 0. The molecule has 0 saturated carbocycles. The molecular weight excluding hydrogens is 791 g/mol. The van der Waals surface area contributed by atoms with Crippen molar-refractivity contribution < 1.29 is 0 Å². The van der Waals surface area contributed by atoms with Gasteiger partial charge in [-0.15, -0.1) is 0 Å². The van der Waals surface area contributed by atoms with E-state index in [1.807, 2.05) is 0 Å². The van der Waals surface area contributed by atoms with Crippen molar-refractivity contribution in [3.8, 4) is 27.9 Å². The van der Waals surface area contributed by atoms with Crippen LogP contribution < -0.4 is 9.80 Å². The van der Waals surface area contributed by atoms with Crippen LogP contribution in [-0.2, 0) is 0 Å². The molecule has 0 N–H and O–H groups in total. The van der Waals surface area contributed by atoms with Crippen LogP contribution in [0.2, 0.25) is 0 Å². The summed E-state index contributed by atoms with van der Waals surface area (Å²) < 4.78 is 2.46. The molecule has 0 unspecified atom stereocenters. The summed E-state index contributed by atoms with van der Waals surface area (Å²) in [5.74, 6) is 2.03. The van der Waals surface area contributed by atoms with E-state index in [4.69, 9.17) is 9.98 Å². The average Bonchev–Trinajstić information content (AvgIpc) is 3.83. The summed E-state index contributed by atoms with van der Waals surface area (Å²) in [6, 6.07) is 68.5. The number of nitrogens with zero attached hydrogens (tertiary/aromatic N) is 5. The number of hydrogen-bond acceptors (Lipinski definition) is 4. The number of rotatable bonds is 7. The maximum atomic E-state index is 5.29. The van der Waals surface area contributed by atoms with Gasteiger partial charge in [-0.2, -0.15) is 0 Å². The van der Waals surface area contributed by atoms with Crippen LogP contribution in [0.15, 0.2) is 198 Å². The highest BCUT2D eigenvalue weighted by atomic mass is 15.3. The van der Waals surface area contributed by atoms with Gasteiger partial charge in [0.2, 0.25) is 0 Å². The van der Waals surface area contributed by atoms with E-state index in [0.29, 0.717) is 0 Å². The number of aromatic nitrogens is 1. The summed E-state index contributed by atoms with van der Waals surface area (Å²) in [7, 11) is 0. The fourth-order valence-corrected chi connectivity index (χ4v) is 10.1. The smallest absolute Gasteiger partial charge is 0.136 e. The van der Waals surface area contributed by atoms with Crippen LogP contribution >= 0.6 is 0 Å². The number of anilines is 2. The first-order chi connectivity index (χ1) is 31.2. The highest BCUT2D eigenvalue weighted by Crippen LogP contribution is 2.45. The lowest BCUT2D eigenvalue weighted by Gasteiger charge is -2.41. The molecule has 0 atom stereocenters. The van der Waals surface area contributed by atoms with Crippen molar-refractivity contribution in [2.75, 3.05) is 9.80 Å². The van der Waals surface area contributed by atoms with Gasteiger partial charge in [0.25, 0.3) is 0 Å². The number of aliphatic imine (C=N–C) groups is 2. The van der Waals surface area contributed by atoms with Gasteiger partial charge in [0.15, 0.2) is 0 Å². The van der Waals surface area contributed by atoms with Crippen LogP contribution in [0.5, 0.6) is 0 Å². The van der Waals surface area contributed by atoms with Crippen molar-refractivity contribution in [1.29, 1.82) is 0 Å². The van der Waals surface area contributed by atoms with Gasteiger partial charge in [-0.3, -0.25) is 9.98 Å². The molecule has 5 nitrogen and oxygen atoms in total. The van der Waals surface area contributed by atoms with Gasteiger partial charge in [-0.25, -0.2) is 0 Å². The molecule has 0 amide bonds. The summed E-state index contributed by atoms with van der Waals surface area (Å²) in [4.78, 5) is 15.4. The van der Waals surface area contributed by atoms with Gasteiger partial charge in [-0.1, -0.05) is 140 Å². The molecule has 0 radical (unpaired) electrons. The van der Waals surface area contributed by atoms with Crippen molar-refractivity contribution in [1.82, 2.24) is 4.57 Å². The van der Waals surface area contributed by atoms with E-state index in [9.17, 15) is 0 Å². The average molecular weight is 846 g/mol. The highest BCUT2D eigenvalue weighted by Gasteiger charge is 2.51. The zero-order chi connectivity index (χ0) is 44.9. The third-order valence-electron chi connectivity index (χ3n) is 15.0. The molecule has 5 heteroatoms. The fourth-order valence-electron chi connectivity index (χ4n) is 10.1. The van der Waals surface area contributed by atoms with Crippen LogP contribution in [0.3, 0.4) is 0 Å². The Morgan fingerprint density at radius 3 is 1.25 bits per heavy atom. The first-order valence-corrected chi connectivity index (χ1v) is 22.9. The molecule has 8 aromatic carbocycles. The first-order valence-electron chi connectivity index (χ1n) is 22.9. The molecule has 0 saturated heterocycles. The van der Waals surface area contributed by atoms with Gasteiger partial charge in [0, 0.05) is 44.3 Å². The Morgan fingerprint density at radius 2 is 0.754 bits per heavy atom. The third-order valence-corrected chi connectivity index (χ3v) is 15.0. The molecule has 65 heavy (non-hydrogen) atoms. The highest BCUT2D eigenvalue weighted by molar-refractivity contribution is 6.20. The van der Waals surface area contributed by atoms with E-state index >= 15 is 0 Å². The molecule has 2 aliphatic heterocycles. The predicted octanol–water partition coefficient (Wildman–Crippen LogP) is 14.9. The zero-order valence-corrected chi connectivity index (χ0v) is 38.6. The van der Waals surface area contributed by atoms with Gasteiger partial charge >= 0.3 is 0 Å². The monoisotopic (exact) mass is 845 g/mol. The van der Waals surface area contributed by atoms with E-state index in [2.05, 4.69) is 258 Å². The number of fused-ring (bicyclic) bond motifs is 5. The summed E-state index contributed by atoms with van der Waals surface area (Å²) >= 11 is 0. The Morgan fingerprint density at radius 1 is 0.338 bits per heavy atom. The number of para-hydroxylation sites is 1. The van der Waals surface area contributed by atoms with Crippen molar-refractivity contribution >= 4 is 55.6 Å². The summed E-state index contributed by atoms with van der Waals surface area (Å²) in [5.41, 5.74) is 11.9. The molecule has 320 valence electrons. The summed E-state index contributed by atoms with van der Waals surface area (Å²) in [6.45, 7) is 18.1. The second-order valence-electron chi connectivity index (χ2n) is 19.9. The normalized spacial score (nSPS) is 17.2. The maximum Gasteiger partial charge on any atom is 0.136 e. The van der Waals surface area contributed by atoms with Crippen LogP contribution in [0.1, 0.15) is 66.5 Å². The van der Waals surface area contributed by atoms with Gasteiger partial charge in [0.05, 0.1) is 33.2 Å². The van der Waals surface area contributed by atoms with E-state index in [1.165, 1.54) is 54.8 Å². The second-order valence-corrected chi connectivity index (χ2v) is 19.9. The van der Waals surface area contributed by atoms with Crippen molar-refractivity contribution in [2.24, 2.45) is 9.98 Å². The topological polar surface area (TPSA) is 36.1 Å². The van der Waals surface area contributed by atoms with Crippen LogP contribution in [-0.4, -0.2) is 38.4 Å². The molecule has 0 spiro atoms. The summed E-state index contributed by atoms with van der Waals surface area (Å²) in [6.07, 6.45) is 0.